The summed E-state index contributed by atoms with van der Waals surface area (Å²) in [6.45, 7) is 1.93. The van der Waals surface area contributed by atoms with Crippen LogP contribution in [0.15, 0.2) is 48.5 Å². The molecule has 0 heterocycles. The number of carbonyl (C=O) groups is 1. The highest BCUT2D eigenvalue weighted by atomic mass is 35.5. The summed E-state index contributed by atoms with van der Waals surface area (Å²) < 4.78 is 5.22. The van der Waals surface area contributed by atoms with E-state index in [0.717, 1.165) is 5.56 Å². The van der Waals surface area contributed by atoms with Crippen molar-refractivity contribution in [2.24, 2.45) is 0 Å². The monoisotopic (exact) mass is 246 g/mol. The molecule has 0 radical (unpaired) electrons. The summed E-state index contributed by atoms with van der Waals surface area (Å²) in [5, 5.41) is 0.439. The van der Waals surface area contributed by atoms with Crippen molar-refractivity contribution in [3.8, 4) is 5.75 Å². The molecule has 0 aliphatic heterocycles. The Bertz CT molecular complexity index is 535. The summed E-state index contributed by atoms with van der Waals surface area (Å²) in [7, 11) is 0. The van der Waals surface area contributed by atoms with Gasteiger partial charge in [-0.3, -0.25) is 0 Å². The van der Waals surface area contributed by atoms with E-state index in [4.69, 9.17) is 16.3 Å². The SMILES string of the molecule is Cc1ccc(OC(=O)c2ccccc2)c(Cl)c1. The quantitative estimate of drug-likeness (QED) is 0.594. The van der Waals surface area contributed by atoms with Crippen LogP contribution in [0.2, 0.25) is 5.02 Å². The van der Waals surface area contributed by atoms with Gasteiger partial charge in [0.2, 0.25) is 0 Å². The van der Waals surface area contributed by atoms with Crippen LogP contribution in [0.1, 0.15) is 15.9 Å². The molecule has 0 aromatic heterocycles. The number of hydrogen-bond donors (Lipinski definition) is 0. The minimum absolute atomic E-state index is 0.381. The number of benzene rings is 2. The third kappa shape index (κ3) is 2.86. The van der Waals surface area contributed by atoms with E-state index in [1.807, 2.05) is 19.1 Å². The number of aryl methyl sites for hydroxylation is 1. The maximum Gasteiger partial charge on any atom is 0.343 e. The second-order valence-corrected chi connectivity index (χ2v) is 4.10. The van der Waals surface area contributed by atoms with Crippen LogP contribution in [0.3, 0.4) is 0 Å². The largest absolute Gasteiger partial charge is 0.421 e. The average Bonchev–Trinajstić information content (AvgIpc) is 2.34. The van der Waals surface area contributed by atoms with Crippen molar-refractivity contribution < 1.29 is 9.53 Å². The van der Waals surface area contributed by atoms with E-state index < -0.39 is 5.97 Å². The van der Waals surface area contributed by atoms with E-state index >= 15 is 0 Å². The Labute approximate surface area is 105 Å². The minimum atomic E-state index is -0.406. The van der Waals surface area contributed by atoms with E-state index in [0.29, 0.717) is 16.3 Å². The molecular formula is C14H11ClO2. The summed E-state index contributed by atoms with van der Waals surface area (Å²) in [6.07, 6.45) is 0. The summed E-state index contributed by atoms with van der Waals surface area (Å²) in [6, 6.07) is 14.1. The first-order valence-corrected chi connectivity index (χ1v) is 5.58. The highest BCUT2D eigenvalue weighted by Crippen LogP contribution is 2.25. The van der Waals surface area contributed by atoms with Gasteiger partial charge in [0.05, 0.1) is 10.6 Å². The first kappa shape index (κ1) is 11.7. The van der Waals surface area contributed by atoms with Gasteiger partial charge in [-0.25, -0.2) is 4.79 Å². The van der Waals surface area contributed by atoms with Gasteiger partial charge in [-0.15, -0.1) is 0 Å². The zero-order chi connectivity index (χ0) is 12.3. The molecule has 0 N–H and O–H groups in total. The van der Waals surface area contributed by atoms with Crippen LogP contribution in [0.25, 0.3) is 0 Å². The Morgan fingerprint density at radius 2 is 1.82 bits per heavy atom. The van der Waals surface area contributed by atoms with Gasteiger partial charge in [0.15, 0.2) is 0 Å². The van der Waals surface area contributed by atoms with Crippen LogP contribution in [0, 0.1) is 6.92 Å². The number of carbonyl (C=O) groups excluding carboxylic acids is 1. The van der Waals surface area contributed by atoms with E-state index in [2.05, 4.69) is 0 Å². The van der Waals surface area contributed by atoms with Gasteiger partial charge in [-0.05, 0) is 36.8 Å². The fraction of sp³-hybridized carbons (Fsp3) is 0.0714. The van der Waals surface area contributed by atoms with Crippen molar-refractivity contribution in [3.05, 3.63) is 64.7 Å². The van der Waals surface area contributed by atoms with Gasteiger partial charge in [0.25, 0.3) is 0 Å². The number of hydrogen-bond acceptors (Lipinski definition) is 2. The molecule has 0 bridgehead atoms. The fourth-order valence-electron chi connectivity index (χ4n) is 1.42. The third-order valence-electron chi connectivity index (χ3n) is 2.30. The smallest absolute Gasteiger partial charge is 0.343 e. The van der Waals surface area contributed by atoms with Crippen molar-refractivity contribution in [2.75, 3.05) is 0 Å². The Kier molecular flexibility index (Phi) is 3.45. The Balaban J connectivity index is 2.19. The predicted molar refractivity (Wildman–Crippen MR) is 67.6 cm³/mol. The lowest BCUT2D eigenvalue weighted by Crippen LogP contribution is -2.08. The van der Waals surface area contributed by atoms with Crippen molar-refractivity contribution in [3.63, 3.8) is 0 Å². The summed E-state index contributed by atoms with van der Waals surface area (Å²) >= 11 is 5.98. The van der Waals surface area contributed by atoms with Crippen LogP contribution in [0.5, 0.6) is 5.75 Å². The molecule has 0 unspecified atom stereocenters. The van der Waals surface area contributed by atoms with E-state index in [-0.39, 0.29) is 0 Å². The molecular weight excluding hydrogens is 236 g/mol. The molecule has 2 nitrogen and oxygen atoms in total. The topological polar surface area (TPSA) is 26.3 Å². The lowest BCUT2D eigenvalue weighted by Gasteiger charge is -2.06. The first-order chi connectivity index (χ1) is 8.16. The predicted octanol–water partition coefficient (Wildman–Crippen LogP) is 3.87. The van der Waals surface area contributed by atoms with E-state index in [9.17, 15) is 4.79 Å². The Hall–Kier alpha value is -1.80. The van der Waals surface area contributed by atoms with Gasteiger partial charge in [-0.1, -0.05) is 35.9 Å². The summed E-state index contributed by atoms with van der Waals surface area (Å²) in [5.41, 5.74) is 1.53. The first-order valence-electron chi connectivity index (χ1n) is 5.20. The molecule has 3 heteroatoms. The summed E-state index contributed by atoms with van der Waals surface area (Å²) in [4.78, 5) is 11.8. The maximum atomic E-state index is 11.8. The molecule has 2 aromatic rings. The molecule has 0 saturated carbocycles. The highest BCUT2D eigenvalue weighted by Gasteiger charge is 2.10. The van der Waals surface area contributed by atoms with E-state index in [1.54, 1.807) is 36.4 Å². The fourth-order valence-corrected chi connectivity index (χ4v) is 1.70. The molecule has 0 aliphatic rings. The average molecular weight is 247 g/mol. The molecule has 0 atom stereocenters. The number of halogens is 1. The molecule has 0 saturated heterocycles. The maximum absolute atomic E-state index is 11.8. The molecule has 0 fully saturated rings. The van der Waals surface area contributed by atoms with Gasteiger partial charge < -0.3 is 4.74 Å². The van der Waals surface area contributed by atoms with Crippen LogP contribution < -0.4 is 4.74 Å². The summed E-state index contributed by atoms with van der Waals surface area (Å²) in [5.74, 6) is -0.0255. The molecule has 86 valence electrons. The van der Waals surface area contributed by atoms with Crippen LogP contribution >= 0.6 is 11.6 Å². The highest BCUT2D eigenvalue weighted by molar-refractivity contribution is 6.32. The second-order valence-electron chi connectivity index (χ2n) is 3.69. The molecule has 0 spiro atoms. The van der Waals surface area contributed by atoms with E-state index in [1.165, 1.54) is 0 Å². The van der Waals surface area contributed by atoms with Crippen LogP contribution in [-0.2, 0) is 0 Å². The van der Waals surface area contributed by atoms with Gasteiger partial charge >= 0.3 is 5.97 Å². The Morgan fingerprint density at radius 1 is 1.12 bits per heavy atom. The molecule has 0 aliphatic carbocycles. The number of ether oxygens (including phenoxy) is 1. The molecule has 17 heavy (non-hydrogen) atoms. The van der Waals surface area contributed by atoms with Crippen molar-refractivity contribution >= 4 is 17.6 Å². The lowest BCUT2D eigenvalue weighted by atomic mass is 10.2. The van der Waals surface area contributed by atoms with Gasteiger partial charge in [0, 0.05) is 0 Å². The molecule has 0 amide bonds. The molecule has 2 aromatic carbocycles. The third-order valence-corrected chi connectivity index (χ3v) is 2.59. The standard InChI is InChI=1S/C14H11ClO2/c1-10-7-8-13(12(15)9-10)17-14(16)11-5-3-2-4-6-11/h2-9H,1H3. The zero-order valence-corrected chi connectivity index (χ0v) is 10.1. The second kappa shape index (κ2) is 5.02. The minimum Gasteiger partial charge on any atom is -0.421 e. The van der Waals surface area contributed by atoms with Crippen molar-refractivity contribution in [1.82, 2.24) is 0 Å². The van der Waals surface area contributed by atoms with Gasteiger partial charge in [0.1, 0.15) is 5.75 Å². The van der Waals surface area contributed by atoms with Crippen LogP contribution in [-0.4, -0.2) is 5.97 Å². The Morgan fingerprint density at radius 3 is 2.47 bits per heavy atom. The number of rotatable bonds is 2. The lowest BCUT2D eigenvalue weighted by molar-refractivity contribution is 0.0735. The zero-order valence-electron chi connectivity index (χ0n) is 9.31. The van der Waals surface area contributed by atoms with Crippen LogP contribution in [0.4, 0.5) is 0 Å². The molecule has 2 rings (SSSR count). The van der Waals surface area contributed by atoms with Crippen molar-refractivity contribution in [2.45, 2.75) is 6.92 Å². The van der Waals surface area contributed by atoms with Crippen molar-refractivity contribution in [1.29, 1.82) is 0 Å². The number of esters is 1. The van der Waals surface area contributed by atoms with Gasteiger partial charge in [-0.2, -0.15) is 0 Å². The normalized spacial score (nSPS) is 10.0.